The number of rotatable bonds is 6. The van der Waals surface area contributed by atoms with Crippen LogP contribution in [0.1, 0.15) is 29.8 Å². The number of carbonyl (C=O) groups is 1. The lowest BCUT2D eigenvalue weighted by Gasteiger charge is -2.25. The number of alkyl halides is 1. The van der Waals surface area contributed by atoms with E-state index >= 15 is 0 Å². The van der Waals surface area contributed by atoms with Crippen molar-refractivity contribution in [2.75, 3.05) is 20.6 Å². The Hall–Kier alpha value is -0.870. The third-order valence-electron chi connectivity index (χ3n) is 3.05. The van der Waals surface area contributed by atoms with Gasteiger partial charge < -0.3 is 10.2 Å². The average Bonchev–Trinajstić information content (AvgIpc) is 2.37. The Morgan fingerprint density at radius 3 is 2.26 bits per heavy atom. The van der Waals surface area contributed by atoms with Crippen LogP contribution in [-0.2, 0) is 5.33 Å². The fraction of sp³-hybridized carbons (Fsp3) is 0.533. The fourth-order valence-corrected chi connectivity index (χ4v) is 2.19. The number of nitrogens with one attached hydrogen (secondary N) is 1. The smallest absolute Gasteiger partial charge is 0.251 e. The number of hydrogen-bond acceptors (Lipinski definition) is 2. The highest BCUT2D eigenvalue weighted by Gasteiger charge is 2.17. The fourth-order valence-electron chi connectivity index (χ4n) is 1.81. The maximum atomic E-state index is 12.2. The van der Waals surface area contributed by atoms with Crippen LogP contribution >= 0.6 is 15.9 Å². The zero-order valence-electron chi connectivity index (χ0n) is 12.1. The van der Waals surface area contributed by atoms with Gasteiger partial charge in [0.05, 0.1) is 0 Å². The van der Waals surface area contributed by atoms with Gasteiger partial charge in [-0.15, -0.1) is 0 Å². The second kappa shape index (κ2) is 7.65. The number of benzene rings is 1. The van der Waals surface area contributed by atoms with E-state index in [0.717, 1.165) is 11.9 Å². The van der Waals surface area contributed by atoms with Crippen LogP contribution in [0.25, 0.3) is 0 Å². The molecule has 0 bridgehead atoms. The molecule has 0 heterocycles. The average molecular weight is 327 g/mol. The molecule has 0 spiro atoms. The molecule has 0 aliphatic rings. The van der Waals surface area contributed by atoms with Crippen LogP contribution in [0.5, 0.6) is 0 Å². The first-order chi connectivity index (χ1) is 8.93. The first-order valence-electron chi connectivity index (χ1n) is 6.54. The topological polar surface area (TPSA) is 32.3 Å². The Bertz CT molecular complexity index is 401. The van der Waals surface area contributed by atoms with Crippen molar-refractivity contribution in [2.24, 2.45) is 5.92 Å². The summed E-state index contributed by atoms with van der Waals surface area (Å²) in [5.74, 6) is 0.412. The third-order valence-corrected chi connectivity index (χ3v) is 3.70. The summed E-state index contributed by atoms with van der Waals surface area (Å²) in [6.45, 7) is 5.10. The molecular formula is C15H23BrN2O. The van der Waals surface area contributed by atoms with E-state index < -0.39 is 0 Å². The monoisotopic (exact) mass is 326 g/mol. The van der Waals surface area contributed by atoms with Gasteiger partial charge in [-0.2, -0.15) is 0 Å². The van der Waals surface area contributed by atoms with Crippen molar-refractivity contribution in [3.63, 3.8) is 0 Å². The molecule has 1 atom stereocenters. The van der Waals surface area contributed by atoms with Gasteiger partial charge in [0.15, 0.2) is 0 Å². The Morgan fingerprint density at radius 1 is 1.26 bits per heavy atom. The zero-order chi connectivity index (χ0) is 14.4. The van der Waals surface area contributed by atoms with Gasteiger partial charge in [-0.3, -0.25) is 4.79 Å². The lowest BCUT2D eigenvalue weighted by atomic mass is 10.0. The summed E-state index contributed by atoms with van der Waals surface area (Å²) in [6, 6.07) is 7.86. The second-order valence-corrected chi connectivity index (χ2v) is 5.98. The van der Waals surface area contributed by atoms with Gasteiger partial charge in [0.1, 0.15) is 0 Å². The van der Waals surface area contributed by atoms with E-state index in [0.29, 0.717) is 11.5 Å². The number of hydrogen-bond donors (Lipinski definition) is 1. The summed E-state index contributed by atoms with van der Waals surface area (Å²) in [5, 5.41) is 3.92. The summed E-state index contributed by atoms with van der Waals surface area (Å²) in [6.07, 6.45) is 0. The predicted molar refractivity (Wildman–Crippen MR) is 83.7 cm³/mol. The van der Waals surface area contributed by atoms with E-state index in [2.05, 4.69) is 40.0 Å². The molecule has 1 rings (SSSR count). The Labute approximate surface area is 124 Å². The first-order valence-corrected chi connectivity index (χ1v) is 7.66. The molecule has 0 aliphatic carbocycles. The Kier molecular flexibility index (Phi) is 6.52. The van der Waals surface area contributed by atoms with Crippen LogP contribution in [-0.4, -0.2) is 37.5 Å². The van der Waals surface area contributed by atoms with Crippen molar-refractivity contribution in [3.8, 4) is 0 Å². The maximum absolute atomic E-state index is 12.2. The molecule has 0 radical (unpaired) electrons. The molecule has 0 saturated carbocycles. The van der Waals surface area contributed by atoms with Crippen LogP contribution in [0.2, 0.25) is 0 Å². The molecule has 0 fully saturated rings. The SMILES string of the molecule is CC(C)C(CN(C)C)NC(=O)c1ccc(CBr)cc1. The first kappa shape index (κ1) is 16.2. The number of nitrogens with zero attached hydrogens (tertiary/aromatic N) is 1. The molecule has 4 heteroatoms. The third kappa shape index (κ3) is 5.33. The molecule has 1 unspecified atom stereocenters. The minimum Gasteiger partial charge on any atom is -0.348 e. The highest BCUT2D eigenvalue weighted by Crippen LogP contribution is 2.09. The van der Waals surface area contributed by atoms with E-state index in [1.807, 2.05) is 38.4 Å². The molecule has 106 valence electrons. The van der Waals surface area contributed by atoms with E-state index in [1.165, 1.54) is 5.56 Å². The molecule has 0 saturated heterocycles. The van der Waals surface area contributed by atoms with Gasteiger partial charge in [-0.05, 0) is 37.7 Å². The Balaban J connectivity index is 2.70. The van der Waals surface area contributed by atoms with Gasteiger partial charge in [0, 0.05) is 23.5 Å². The van der Waals surface area contributed by atoms with Crippen molar-refractivity contribution in [3.05, 3.63) is 35.4 Å². The van der Waals surface area contributed by atoms with Crippen molar-refractivity contribution < 1.29 is 4.79 Å². The lowest BCUT2D eigenvalue weighted by Crippen LogP contribution is -2.45. The summed E-state index contributed by atoms with van der Waals surface area (Å²) < 4.78 is 0. The molecule has 1 aromatic carbocycles. The summed E-state index contributed by atoms with van der Waals surface area (Å²) in [4.78, 5) is 14.3. The molecule has 0 aliphatic heterocycles. The van der Waals surface area contributed by atoms with Gasteiger partial charge in [0.25, 0.3) is 5.91 Å². The van der Waals surface area contributed by atoms with Crippen LogP contribution in [0, 0.1) is 5.92 Å². The normalized spacial score (nSPS) is 12.8. The Morgan fingerprint density at radius 2 is 1.84 bits per heavy atom. The lowest BCUT2D eigenvalue weighted by molar-refractivity contribution is 0.0916. The summed E-state index contributed by atoms with van der Waals surface area (Å²) in [5.41, 5.74) is 1.89. The van der Waals surface area contributed by atoms with Crippen LogP contribution in [0.15, 0.2) is 24.3 Å². The molecule has 0 aromatic heterocycles. The summed E-state index contributed by atoms with van der Waals surface area (Å²) >= 11 is 3.40. The van der Waals surface area contributed by atoms with Crippen LogP contribution < -0.4 is 5.32 Å². The van der Waals surface area contributed by atoms with Crippen molar-refractivity contribution >= 4 is 21.8 Å². The van der Waals surface area contributed by atoms with Crippen molar-refractivity contribution in [1.29, 1.82) is 0 Å². The van der Waals surface area contributed by atoms with E-state index in [-0.39, 0.29) is 11.9 Å². The number of halogens is 1. The number of likely N-dealkylation sites (N-methyl/N-ethyl adjacent to an activating group) is 1. The van der Waals surface area contributed by atoms with Crippen LogP contribution in [0.3, 0.4) is 0 Å². The molecule has 1 aromatic rings. The predicted octanol–water partition coefficient (Wildman–Crippen LogP) is 2.90. The minimum absolute atomic E-state index is 0.00155. The molecule has 1 amide bonds. The van der Waals surface area contributed by atoms with Gasteiger partial charge >= 0.3 is 0 Å². The van der Waals surface area contributed by atoms with E-state index in [4.69, 9.17) is 0 Å². The van der Waals surface area contributed by atoms with Gasteiger partial charge in [0.2, 0.25) is 0 Å². The standard InChI is InChI=1S/C15H23BrN2O/c1-11(2)14(10-18(3)4)17-15(19)13-7-5-12(9-16)6-8-13/h5-8,11,14H,9-10H2,1-4H3,(H,17,19). The van der Waals surface area contributed by atoms with Crippen molar-refractivity contribution in [1.82, 2.24) is 10.2 Å². The highest BCUT2D eigenvalue weighted by atomic mass is 79.9. The number of carbonyl (C=O) groups excluding carboxylic acids is 1. The van der Waals surface area contributed by atoms with Crippen molar-refractivity contribution in [2.45, 2.75) is 25.2 Å². The molecule has 19 heavy (non-hydrogen) atoms. The maximum Gasteiger partial charge on any atom is 0.251 e. The van der Waals surface area contributed by atoms with E-state index in [1.54, 1.807) is 0 Å². The summed E-state index contributed by atoms with van der Waals surface area (Å²) in [7, 11) is 4.04. The highest BCUT2D eigenvalue weighted by molar-refractivity contribution is 9.08. The second-order valence-electron chi connectivity index (χ2n) is 5.42. The van der Waals surface area contributed by atoms with E-state index in [9.17, 15) is 4.79 Å². The molecular weight excluding hydrogens is 304 g/mol. The zero-order valence-corrected chi connectivity index (χ0v) is 13.7. The van der Waals surface area contributed by atoms with Gasteiger partial charge in [-0.1, -0.05) is 41.9 Å². The van der Waals surface area contributed by atoms with Gasteiger partial charge in [-0.25, -0.2) is 0 Å². The molecule has 1 N–H and O–H groups in total. The minimum atomic E-state index is 0.00155. The number of amides is 1. The molecule has 3 nitrogen and oxygen atoms in total. The largest absolute Gasteiger partial charge is 0.348 e. The quantitative estimate of drug-likeness (QED) is 0.815. The van der Waals surface area contributed by atoms with Crippen LogP contribution in [0.4, 0.5) is 0 Å².